The normalized spacial score (nSPS) is 22.0. The summed E-state index contributed by atoms with van der Waals surface area (Å²) in [6, 6.07) is 3.24. The van der Waals surface area contributed by atoms with Gasteiger partial charge in [0.05, 0.1) is 16.9 Å². The van der Waals surface area contributed by atoms with Crippen LogP contribution >= 0.6 is 0 Å². The van der Waals surface area contributed by atoms with E-state index in [1.807, 2.05) is 27.7 Å². The lowest BCUT2D eigenvalue weighted by atomic mass is 9.74. The monoisotopic (exact) mass is 391 g/mol. The lowest BCUT2D eigenvalue weighted by Crippen LogP contribution is -2.41. The molecule has 0 amide bonds. The molecule has 144 valence electrons. The number of sulfonamides is 1. The second-order valence-corrected chi connectivity index (χ2v) is 9.57. The van der Waals surface area contributed by atoms with Crippen LogP contribution in [0.25, 0.3) is 0 Å². The van der Waals surface area contributed by atoms with Gasteiger partial charge in [-0.1, -0.05) is 6.07 Å². The van der Waals surface area contributed by atoms with E-state index < -0.39 is 33.9 Å². The summed E-state index contributed by atoms with van der Waals surface area (Å²) in [5, 5.41) is 0. The Kier molecular flexibility index (Phi) is 4.22. The van der Waals surface area contributed by atoms with E-state index in [1.54, 1.807) is 13.0 Å². The summed E-state index contributed by atoms with van der Waals surface area (Å²) in [7, 11) is -6.20. The first-order valence-electron chi connectivity index (χ1n) is 8.25. The Labute approximate surface area is 151 Å². The highest BCUT2D eigenvalue weighted by Gasteiger charge is 2.55. The number of fused-ring (bicyclic) bond motifs is 1. The van der Waals surface area contributed by atoms with E-state index in [1.165, 1.54) is 6.07 Å². The zero-order chi connectivity index (χ0) is 19.7. The van der Waals surface area contributed by atoms with Crippen molar-refractivity contribution in [3.05, 3.63) is 23.3 Å². The Bertz CT molecular complexity index is 836. The van der Waals surface area contributed by atoms with E-state index >= 15 is 0 Å². The van der Waals surface area contributed by atoms with Crippen LogP contribution in [0.2, 0.25) is 0 Å². The summed E-state index contributed by atoms with van der Waals surface area (Å²) in [5.74, 6) is 0. The molecule has 2 aliphatic rings. The molecular weight excluding hydrogens is 370 g/mol. The number of anilines is 1. The zero-order valence-electron chi connectivity index (χ0n) is 15.3. The highest BCUT2D eigenvalue weighted by Crippen LogP contribution is 2.40. The van der Waals surface area contributed by atoms with Crippen molar-refractivity contribution >= 4 is 28.3 Å². The highest BCUT2D eigenvalue weighted by atomic mass is 32.2. The molecule has 0 spiro atoms. The molecular formula is C16H21BF3NO4S. The molecule has 2 aliphatic heterocycles. The summed E-state index contributed by atoms with van der Waals surface area (Å²) in [6.07, 6.45) is 0.171. The molecule has 1 saturated heterocycles. The third kappa shape index (κ3) is 2.82. The van der Waals surface area contributed by atoms with Gasteiger partial charge in [0.2, 0.25) is 0 Å². The SMILES string of the molecule is Cc1cc(B2OC(C)(C)C(C)(C)O2)c2c(c1)N(S(=O)(=O)C(F)(F)F)CC2. The molecule has 0 aliphatic carbocycles. The fraction of sp³-hybridized carbons (Fsp3) is 0.625. The van der Waals surface area contributed by atoms with Crippen molar-refractivity contribution in [2.45, 2.75) is 57.7 Å². The van der Waals surface area contributed by atoms with Gasteiger partial charge in [0.15, 0.2) is 0 Å². The van der Waals surface area contributed by atoms with Crippen LogP contribution < -0.4 is 9.77 Å². The maximum Gasteiger partial charge on any atom is 0.516 e. The van der Waals surface area contributed by atoms with Crippen LogP contribution in [0.15, 0.2) is 12.1 Å². The predicted molar refractivity (Wildman–Crippen MR) is 92.9 cm³/mol. The fourth-order valence-corrected chi connectivity index (χ4v) is 4.21. The van der Waals surface area contributed by atoms with Gasteiger partial charge in [-0.05, 0) is 63.7 Å². The number of benzene rings is 1. The molecule has 3 rings (SSSR count). The molecule has 1 aromatic rings. The molecule has 0 unspecified atom stereocenters. The Balaban J connectivity index is 2.08. The number of halogens is 3. The van der Waals surface area contributed by atoms with Gasteiger partial charge in [0.1, 0.15) is 0 Å². The number of rotatable bonds is 2. The molecule has 0 saturated carbocycles. The van der Waals surface area contributed by atoms with Crippen molar-refractivity contribution in [2.75, 3.05) is 10.8 Å². The molecule has 5 nitrogen and oxygen atoms in total. The third-order valence-electron chi connectivity index (χ3n) is 5.33. The van der Waals surface area contributed by atoms with Crippen LogP contribution in [0, 0.1) is 6.92 Å². The van der Waals surface area contributed by atoms with Crippen LogP contribution in [0.5, 0.6) is 0 Å². The summed E-state index contributed by atoms with van der Waals surface area (Å²) in [4.78, 5) is 0. The van der Waals surface area contributed by atoms with Gasteiger partial charge in [-0.2, -0.15) is 21.6 Å². The topological polar surface area (TPSA) is 55.8 Å². The summed E-state index contributed by atoms with van der Waals surface area (Å²) in [6.45, 7) is 8.96. The van der Waals surface area contributed by atoms with E-state index in [4.69, 9.17) is 9.31 Å². The molecule has 0 N–H and O–H groups in total. The van der Waals surface area contributed by atoms with E-state index in [2.05, 4.69) is 0 Å². The molecule has 1 fully saturated rings. The van der Waals surface area contributed by atoms with Gasteiger partial charge < -0.3 is 9.31 Å². The number of hydrogen-bond acceptors (Lipinski definition) is 4. The predicted octanol–water partition coefficient (Wildman–Crippen LogP) is 2.51. The van der Waals surface area contributed by atoms with E-state index in [-0.39, 0.29) is 18.7 Å². The van der Waals surface area contributed by atoms with Crippen molar-refractivity contribution < 1.29 is 30.9 Å². The Morgan fingerprint density at radius 1 is 1.12 bits per heavy atom. The Hall–Kier alpha value is -1.26. The maximum absolute atomic E-state index is 13.0. The van der Waals surface area contributed by atoms with E-state index in [9.17, 15) is 21.6 Å². The summed E-state index contributed by atoms with van der Waals surface area (Å²) < 4.78 is 75.3. The van der Waals surface area contributed by atoms with Crippen molar-refractivity contribution in [1.82, 2.24) is 0 Å². The van der Waals surface area contributed by atoms with Gasteiger partial charge in [-0.15, -0.1) is 0 Å². The molecule has 1 aromatic carbocycles. The van der Waals surface area contributed by atoms with Gasteiger partial charge in [-0.25, -0.2) is 0 Å². The summed E-state index contributed by atoms with van der Waals surface area (Å²) >= 11 is 0. The number of alkyl halides is 3. The average Bonchev–Trinajstić information content (AvgIpc) is 2.95. The van der Waals surface area contributed by atoms with E-state index in [0.717, 1.165) is 0 Å². The van der Waals surface area contributed by atoms with Crippen LogP contribution in [0.1, 0.15) is 38.8 Å². The molecule has 0 bridgehead atoms. The molecule has 10 heteroatoms. The largest absolute Gasteiger partial charge is 0.516 e. The quantitative estimate of drug-likeness (QED) is 0.728. The number of nitrogens with zero attached hydrogens (tertiary/aromatic N) is 1. The third-order valence-corrected chi connectivity index (χ3v) is 6.87. The van der Waals surface area contributed by atoms with Crippen LogP contribution in [-0.2, 0) is 25.8 Å². The lowest BCUT2D eigenvalue weighted by molar-refractivity contribution is -0.0437. The lowest BCUT2D eigenvalue weighted by Gasteiger charge is -2.32. The Morgan fingerprint density at radius 3 is 2.15 bits per heavy atom. The van der Waals surface area contributed by atoms with Crippen molar-refractivity contribution in [2.24, 2.45) is 0 Å². The molecule has 0 radical (unpaired) electrons. The highest BCUT2D eigenvalue weighted by molar-refractivity contribution is 7.93. The van der Waals surface area contributed by atoms with Crippen molar-refractivity contribution in [3.8, 4) is 0 Å². The van der Waals surface area contributed by atoms with Crippen LogP contribution in [0.4, 0.5) is 18.9 Å². The van der Waals surface area contributed by atoms with Gasteiger partial charge in [-0.3, -0.25) is 4.31 Å². The van der Waals surface area contributed by atoms with Crippen LogP contribution in [0.3, 0.4) is 0 Å². The van der Waals surface area contributed by atoms with Gasteiger partial charge in [0, 0.05) is 6.54 Å². The number of hydrogen-bond donors (Lipinski definition) is 0. The second-order valence-electron chi connectivity index (χ2n) is 7.71. The Morgan fingerprint density at radius 2 is 1.65 bits per heavy atom. The van der Waals surface area contributed by atoms with Gasteiger partial charge >= 0.3 is 22.7 Å². The first kappa shape index (κ1) is 19.5. The maximum atomic E-state index is 13.0. The van der Waals surface area contributed by atoms with Crippen LogP contribution in [-0.4, -0.2) is 38.8 Å². The molecule has 0 aromatic heterocycles. The summed E-state index contributed by atoms with van der Waals surface area (Å²) in [5.41, 5.74) is -4.77. The minimum Gasteiger partial charge on any atom is -0.399 e. The second kappa shape index (κ2) is 5.62. The number of aryl methyl sites for hydroxylation is 1. The van der Waals surface area contributed by atoms with Crippen molar-refractivity contribution in [3.63, 3.8) is 0 Å². The average molecular weight is 391 g/mol. The first-order valence-corrected chi connectivity index (χ1v) is 9.69. The van der Waals surface area contributed by atoms with Crippen molar-refractivity contribution in [1.29, 1.82) is 0 Å². The minimum atomic E-state index is -5.44. The van der Waals surface area contributed by atoms with E-state index in [0.29, 0.717) is 20.9 Å². The smallest absolute Gasteiger partial charge is 0.399 e. The zero-order valence-corrected chi connectivity index (χ0v) is 16.1. The van der Waals surface area contributed by atoms with Gasteiger partial charge in [0.25, 0.3) is 0 Å². The molecule has 2 heterocycles. The standard InChI is InChI=1S/C16H21BF3NO4S/c1-10-8-12(17-24-14(2,3)15(4,5)25-17)11-6-7-21(13(11)9-10)26(22,23)16(18,19)20/h8-9H,6-7H2,1-5H3. The molecule has 26 heavy (non-hydrogen) atoms. The minimum absolute atomic E-state index is 0.0482. The fourth-order valence-electron chi connectivity index (χ4n) is 3.21. The first-order chi connectivity index (χ1) is 11.7. The molecule has 0 atom stereocenters.